The van der Waals surface area contributed by atoms with Crippen LogP contribution in [0.3, 0.4) is 0 Å². The molecule has 4 nitrogen and oxygen atoms in total. The molecule has 0 saturated carbocycles. The van der Waals surface area contributed by atoms with Crippen molar-refractivity contribution in [2.24, 2.45) is 0 Å². The highest BCUT2D eigenvalue weighted by atomic mass is 32.1. The molecule has 1 aliphatic heterocycles. The second-order valence-corrected chi connectivity index (χ2v) is 4.74. The Hall–Kier alpha value is -2.60. The van der Waals surface area contributed by atoms with Crippen LogP contribution in [0, 0.1) is 5.82 Å². The van der Waals surface area contributed by atoms with Gasteiger partial charge in [0.2, 0.25) is 0 Å². The van der Waals surface area contributed by atoms with Gasteiger partial charge in [0.1, 0.15) is 5.82 Å². The van der Waals surface area contributed by atoms with Gasteiger partial charge in [-0.3, -0.25) is 9.59 Å². The molecule has 0 aliphatic carbocycles. The maximum Gasteiger partial charge on any atom is 0.323 e. The molecular formula is C15H9FN2O2S. The third kappa shape index (κ3) is 2.19. The molecule has 0 bridgehead atoms. The van der Waals surface area contributed by atoms with E-state index in [4.69, 9.17) is 12.2 Å². The number of para-hydroxylation sites is 1. The monoisotopic (exact) mass is 300 g/mol. The maximum atomic E-state index is 13.0. The minimum atomic E-state index is -0.754. The van der Waals surface area contributed by atoms with Gasteiger partial charge in [-0.25, -0.2) is 14.2 Å². The SMILES string of the molecule is O=C1C(=O)N(c2ccc(F)cc2)C(=S)N1c1ccccc1. The van der Waals surface area contributed by atoms with Gasteiger partial charge in [0.15, 0.2) is 5.11 Å². The molecule has 1 saturated heterocycles. The minimum Gasteiger partial charge on any atom is -0.263 e. The predicted molar refractivity (Wildman–Crippen MR) is 80.4 cm³/mol. The fourth-order valence-electron chi connectivity index (χ4n) is 2.09. The van der Waals surface area contributed by atoms with Crippen molar-refractivity contribution < 1.29 is 14.0 Å². The molecule has 2 aromatic rings. The molecule has 1 fully saturated rings. The summed E-state index contributed by atoms with van der Waals surface area (Å²) >= 11 is 5.23. The summed E-state index contributed by atoms with van der Waals surface area (Å²) in [5, 5.41) is 0.0582. The zero-order chi connectivity index (χ0) is 15.0. The zero-order valence-corrected chi connectivity index (χ0v) is 11.5. The normalized spacial score (nSPS) is 15.0. The van der Waals surface area contributed by atoms with Crippen LogP contribution in [0.1, 0.15) is 0 Å². The number of anilines is 2. The zero-order valence-electron chi connectivity index (χ0n) is 10.7. The lowest BCUT2D eigenvalue weighted by atomic mass is 10.3. The summed E-state index contributed by atoms with van der Waals surface area (Å²) in [5.74, 6) is -1.91. The van der Waals surface area contributed by atoms with Crippen LogP contribution in [-0.4, -0.2) is 16.9 Å². The van der Waals surface area contributed by atoms with Crippen molar-refractivity contribution in [1.29, 1.82) is 0 Å². The molecule has 1 aliphatic rings. The fraction of sp³-hybridized carbons (Fsp3) is 0. The van der Waals surface area contributed by atoms with E-state index in [1.54, 1.807) is 30.3 Å². The molecule has 1 heterocycles. The Morgan fingerprint density at radius 1 is 0.762 bits per heavy atom. The van der Waals surface area contributed by atoms with Gasteiger partial charge >= 0.3 is 11.8 Å². The fourth-order valence-corrected chi connectivity index (χ4v) is 2.46. The lowest BCUT2D eigenvalue weighted by Gasteiger charge is -2.18. The molecule has 0 aromatic heterocycles. The molecule has 0 N–H and O–H groups in total. The first-order chi connectivity index (χ1) is 10.1. The maximum absolute atomic E-state index is 13.0. The number of thiocarbonyl (C=S) groups is 1. The van der Waals surface area contributed by atoms with Crippen molar-refractivity contribution in [2.75, 3.05) is 9.80 Å². The Labute approximate surface area is 125 Å². The van der Waals surface area contributed by atoms with Gasteiger partial charge in [0, 0.05) is 0 Å². The standard InChI is InChI=1S/C15H9FN2O2S/c16-10-6-8-12(9-7-10)18-14(20)13(19)17(15(18)21)11-4-2-1-3-5-11/h1-9H. The van der Waals surface area contributed by atoms with Crippen LogP contribution in [0.4, 0.5) is 15.8 Å². The highest BCUT2D eigenvalue weighted by Crippen LogP contribution is 2.26. The summed E-state index contributed by atoms with van der Waals surface area (Å²) in [6.45, 7) is 0. The van der Waals surface area contributed by atoms with E-state index >= 15 is 0 Å². The van der Waals surface area contributed by atoms with Crippen LogP contribution in [0.5, 0.6) is 0 Å². The van der Waals surface area contributed by atoms with Gasteiger partial charge in [0.05, 0.1) is 11.4 Å². The largest absolute Gasteiger partial charge is 0.323 e. The minimum absolute atomic E-state index is 0.0582. The van der Waals surface area contributed by atoms with Crippen molar-refractivity contribution in [3.8, 4) is 0 Å². The average molecular weight is 300 g/mol. The summed E-state index contributed by atoms with van der Waals surface area (Å²) in [4.78, 5) is 26.5. The Kier molecular flexibility index (Phi) is 3.23. The first-order valence-electron chi connectivity index (χ1n) is 6.13. The van der Waals surface area contributed by atoms with Gasteiger partial charge in [0.25, 0.3) is 0 Å². The summed E-state index contributed by atoms with van der Waals surface area (Å²) < 4.78 is 13.0. The molecule has 2 aromatic carbocycles. The molecule has 0 radical (unpaired) electrons. The van der Waals surface area contributed by atoms with Gasteiger partial charge in [-0.1, -0.05) is 18.2 Å². The smallest absolute Gasteiger partial charge is 0.263 e. The summed E-state index contributed by atoms with van der Waals surface area (Å²) in [5.41, 5.74) is 0.878. The first-order valence-corrected chi connectivity index (χ1v) is 6.53. The van der Waals surface area contributed by atoms with E-state index in [9.17, 15) is 14.0 Å². The van der Waals surface area contributed by atoms with Crippen molar-refractivity contribution in [2.45, 2.75) is 0 Å². The van der Waals surface area contributed by atoms with Crippen molar-refractivity contribution in [3.05, 3.63) is 60.4 Å². The van der Waals surface area contributed by atoms with Crippen LogP contribution in [-0.2, 0) is 9.59 Å². The highest BCUT2D eigenvalue weighted by Gasteiger charge is 2.43. The third-order valence-electron chi connectivity index (χ3n) is 3.07. The van der Waals surface area contributed by atoms with Gasteiger partial charge < -0.3 is 0 Å². The summed E-state index contributed by atoms with van der Waals surface area (Å²) in [6, 6.07) is 13.9. The lowest BCUT2D eigenvalue weighted by molar-refractivity contribution is -0.133. The Balaban J connectivity index is 2.02. The number of hydrogen-bond donors (Lipinski definition) is 0. The van der Waals surface area contributed by atoms with E-state index in [-0.39, 0.29) is 5.11 Å². The Morgan fingerprint density at radius 3 is 1.76 bits per heavy atom. The second kappa shape index (κ2) is 5.06. The van der Waals surface area contributed by atoms with Crippen LogP contribution in [0.15, 0.2) is 54.6 Å². The van der Waals surface area contributed by atoms with Crippen molar-refractivity contribution in [1.82, 2.24) is 0 Å². The van der Waals surface area contributed by atoms with E-state index in [1.165, 1.54) is 29.2 Å². The van der Waals surface area contributed by atoms with E-state index in [0.717, 1.165) is 4.90 Å². The van der Waals surface area contributed by atoms with Crippen molar-refractivity contribution in [3.63, 3.8) is 0 Å². The molecule has 0 atom stereocenters. The van der Waals surface area contributed by atoms with Gasteiger partial charge in [-0.05, 0) is 48.6 Å². The van der Waals surface area contributed by atoms with Crippen molar-refractivity contribution >= 4 is 40.5 Å². The molecule has 0 unspecified atom stereocenters. The lowest BCUT2D eigenvalue weighted by Crippen LogP contribution is -2.33. The highest BCUT2D eigenvalue weighted by molar-refractivity contribution is 7.81. The number of amides is 2. The second-order valence-electron chi connectivity index (χ2n) is 4.38. The van der Waals surface area contributed by atoms with Crippen LogP contribution in [0.25, 0.3) is 0 Å². The Morgan fingerprint density at radius 2 is 1.24 bits per heavy atom. The number of halogens is 1. The van der Waals surface area contributed by atoms with E-state index in [2.05, 4.69) is 0 Å². The number of nitrogens with zero attached hydrogens (tertiary/aromatic N) is 2. The number of carbonyl (C=O) groups excluding carboxylic acids is 2. The number of carbonyl (C=O) groups is 2. The van der Waals surface area contributed by atoms with Gasteiger partial charge in [-0.15, -0.1) is 0 Å². The predicted octanol–water partition coefficient (Wildman–Crippen LogP) is 2.49. The topological polar surface area (TPSA) is 40.6 Å². The third-order valence-corrected chi connectivity index (χ3v) is 3.44. The molecule has 2 amide bonds. The molecule has 3 rings (SSSR count). The quantitative estimate of drug-likeness (QED) is 0.632. The van der Waals surface area contributed by atoms with Crippen LogP contribution in [0.2, 0.25) is 0 Å². The van der Waals surface area contributed by atoms with Crippen LogP contribution >= 0.6 is 12.2 Å². The van der Waals surface area contributed by atoms with E-state index in [1.807, 2.05) is 0 Å². The molecule has 6 heteroatoms. The van der Waals surface area contributed by atoms with E-state index < -0.39 is 17.6 Å². The molecule has 21 heavy (non-hydrogen) atoms. The first kappa shape index (κ1) is 13.4. The molecule has 104 valence electrons. The Bertz CT molecular complexity index is 731. The summed E-state index contributed by atoms with van der Waals surface area (Å²) in [6.07, 6.45) is 0. The number of benzene rings is 2. The average Bonchev–Trinajstić information content (AvgIpc) is 2.72. The van der Waals surface area contributed by atoms with E-state index in [0.29, 0.717) is 11.4 Å². The van der Waals surface area contributed by atoms with Crippen LogP contribution < -0.4 is 9.80 Å². The number of hydrogen-bond acceptors (Lipinski definition) is 3. The molecular weight excluding hydrogens is 291 g/mol. The number of rotatable bonds is 2. The molecule has 0 spiro atoms. The van der Waals surface area contributed by atoms with Gasteiger partial charge in [-0.2, -0.15) is 0 Å². The summed E-state index contributed by atoms with van der Waals surface area (Å²) in [7, 11) is 0.